The summed E-state index contributed by atoms with van der Waals surface area (Å²) in [6.45, 7) is -0.620. The maximum atomic E-state index is 12.5. The molecule has 0 N–H and O–H groups in total. The summed E-state index contributed by atoms with van der Waals surface area (Å²) < 4.78 is 13.8. The summed E-state index contributed by atoms with van der Waals surface area (Å²) in [4.78, 5) is 0. The van der Waals surface area contributed by atoms with Gasteiger partial charge in [-0.15, -0.1) is 0 Å². The van der Waals surface area contributed by atoms with E-state index < -0.39 is 6.80 Å². The van der Waals surface area contributed by atoms with Crippen molar-refractivity contribution in [3.05, 3.63) is 41.6 Å². The van der Waals surface area contributed by atoms with Gasteiger partial charge in [0.15, 0.2) is 6.80 Å². The van der Waals surface area contributed by atoms with E-state index in [0.717, 1.165) is 11.3 Å². The summed E-state index contributed by atoms with van der Waals surface area (Å²) in [6.07, 6.45) is 1.57. The minimum Gasteiger partial charge on any atom is -0.234 e. The molecule has 14 heavy (non-hydrogen) atoms. The third-order valence-corrected chi connectivity index (χ3v) is 2.22. The maximum Gasteiger partial charge on any atom is 0.182 e. The Hall–Kier alpha value is -1.35. The molecule has 0 fully saturated rings. The van der Waals surface area contributed by atoms with Crippen LogP contribution in [0.4, 0.5) is 4.39 Å². The predicted octanol–water partition coefficient (Wildman–Crippen LogP) is 3.13. The number of alkyl halides is 1. The number of halogens is 2. The highest BCUT2D eigenvalue weighted by Crippen LogP contribution is 2.20. The van der Waals surface area contributed by atoms with E-state index in [1.807, 2.05) is 12.1 Å². The fourth-order valence-corrected chi connectivity index (χ4v) is 1.42. The number of nitrogens with zero attached hydrogens (tertiary/aromatic N) is 2. The molecule has 1 aromatic heterocycles. The molecule has 0 radical (unpaired) electrons. The summed E-state index contributed by atoms with van der Waals surface area (Å²) in [6, 6.07) is 8.98. The van der Waals surface area contributed by atoms with E-state index in [4.69, 9.17) is 11.6 Å². The Morgan fingerprint density at radius 3 is 2.57 bits per heavy atom. The molecule has 0 aliphatic carbocycles. The highest BCUT2D eigenvalue weighted by Gasteiger charge is 2.03. The van der Waals surface area contributed by atoms with Crippen LogP contribution in [0.25, 0.3) is 11.3 Å². The zero-order chi connectivity index (χ0) is 9.97. The third kappa shape index (κ3) is 1.63. The number of hydrogen-bond acceptors (Lipinski definition) is 1. The molecular formula is C10H8ClFN2. The van der Waals surface area contributed by atoms with Crippen molar-refractivity contribution in [1.82, 2.24) is 9.78 Å². The number of aromatic nitrogens is 2. The lowest BCUT2D eigenvalue weighted by Crippen LogP contribution is -1.97. The van der Waals surface area contributed by atoms with Crippen LogP contribution < -0.4 is 0 Å². The highest BCUT2D eigenvalue weighted by atomic mass is 35.5. The van der Waals surface area contributed by atoms with Crippen molar-refractivity contribution in [2.75, 3.05) is 0 Å². The fourth-order valence-electron chi connectivity index (χ4n) is 1.29. The summed E-state index contributed by atoms with van der Waals surface area (Å²) in [5.74, 6) is 0. The average Bonchev–Trinajstić information content (AvgIpc) is 2.67. The SMILES string of the molecule is FCn1nccc1-c1ccc(Cl)cc1. The van der Waals surface area contributed by atoms with Gasteiger partial charge in [0.1, 0.15) is 0 Å². The molecule has 0 spiro atoms. The van der Waals surface area contributed by atoms with Crippen molar-refractivity contribution < 1.29 is 4.39 Å². The first-order valence-electron chi connectivity index (χ1n) is 4.15. The topological polar surface area (TPSA) is 17.8 Å². The molecule has 2 nitrogen and oxygen atoms in total. The Morgan fingerprint density at radius 1 is 1.21 bits per heavy atom. The van der Waals surface area contributed by atoms with Gasteiger partial charge < -0.3 is 0 Å². The van der Waals surface area contributed by atoms with Crippen LogP contribution in [-0.4, -0.2) is 9.78 Å². The average molecular weight is 211 g/mol. The molecule has 0 saturated heterocycles. The second kappa shape index (κ2) is 3.80. The maximum absolute atomic E-state index is 12.5. The van der Waals surface area contributed by atoms with Gasteiger partial charge in [0.2, 0.25) is 0 Å². The molecule has 2 aromatic rings. The molecule has 2 rings (SSSR count). The lowest BCUT2D eigenvalue weighted by atomic mass is 10.1. The largest absolute Gasteiger partial charge is 0.234 e. The first-order valence-corrected chi connectivity index (χ1v) is 4.53. The van der Waals surface area contributed by atoms with E-state index in [9.17, 15) is 4.39 Å². The van der Waals surface area contributed by atoms with Crippen molar-refractivity contribution in [2.45, 2.75) is 6.80 Å². The third-order valence-electron chi connectivity index (χ3n) is 1.97. The van der Waals surface area contributed by atoms with Crippen LogP contribution in [0.15, 0.2) is 36.5 Å². The molecule has 0 bridgehead atoms. The van der Waals surface area contributed by atoms with Crippen molar-refractivity contribution >= 4 is 11.6 Å². The number of hydrogen-bond donors (Lipinski definition) is 0. The van der Waals surface area contributed by atoms with Gasteiger partial charge in [-0.05, 0) is 23.8 Å². The quantitative estimate of drug-likeness (QED) is 0.745. The van der Waals surface area contributed by atoms with Crippen molar-refractivity contribution in [2.24, 2.45) is 0 Å². The van der Waals surface area contributed by atoms with Gasteiger partial charge in [-0.3, -0.25) is 0 Å². The molecule has 1 aromatic carbocycles. The van der Waals surface area contributed by atoms with Crippen LogP contribution in [0, 0.1) is 0 Å². The van der Waals surface area contributed by atoms with Crippen LogP contribution in [0.5, 0.6) is 0 Å². The van der Waals surface area contributed by atoms with Gasteiger partial charge in [0, 0.05) is 11.2 Å². The molecule has 0 saturated carbocycles. The van der Waals surface area contributed by atoms with Crippen LogP contribution >= 0.6 is 11.6 Å². The monoisotopic (exact) mass is 210 g/mol. The van der Waals surface area contributed by atoms with Crippen molar-refractivity contribution in [3.8, 4) is 11.3 Å². The van der Waals surface area contributed by atoms with Gasteiger partial charge in [-0.1, -0.05) is 23.7 Å². The minimum absolute atomic E-state index is 0.620. The second-order valence-corrected chi connectivity index (χ2v) is 3.28. The molecule has 0 unspecified atom stereocenters. The summed E-state index contributed by atoms with van der Waals surface area (Å²) in [7, 11) is 0. The standard InChI is InChI=1S/C10H8ClFN2/c11-9-3-1-8(2-4-9)10-5-6-13-14(10)7-12/h1-6H,7H2. The number of rotatable bonds is 2. The lowest BCUT2D eigenvalue weighted by Gasteiger charge is -2.02. The van der Waals surface area contributed by atoms with E-state index in [-0.39, 0.29) is 0 Å². The van der Waals surface area contributed by atoms with Crippen molar-refractivity contribution in [3.63, 3.8) is 0 Å². The highest BCUT2D eigenvalue weighted by molar-refractivity contribution is 6.30. The lowest BCUT2D eigenvalue weighted by molar-refractivity contribution is 0.353. The first kappa shape index (κ1) is 9.21. The van der Waals surface area contributed by atoms with Gasteiger partial charge in [0.05, 0.1) is 5.69 Å². The number of benzene rings is 1. The molecule has 1 heterocycles. The second-order valence-electron chi connectivity index (χ2n) is 2.84. The van der Waals surface area contributed by atoms with Crippen LogP contribution in [0.1, 0.15) is 0 Å². The predicted molar refractivity (Wildman–Crippen MR) is 53.8 cm³/mol. The van der Waals surface area contributed by atoms with Gasteiger partial charge in [0.25, 0.3) is 0 Å². The van der Waals surface area contributed by atoms with Gasteiger partial charge >= 0.3 is 0 Å². The van der Waals surface area contributed by atoms with E-state index in [2.05, 4.69) is 5.10 Å². The summed E-state index contributed by atoms with van der Waals surface area (Å²) in [5, 5.41) is 4.51. The van der Waals surface area contributed by atoms with Crippen LogP contribution in [0.3, 0.4) is 0 Å². The van der Waals surface area contributed by atoms with Crippen LogP contribution in [-0.2, 0) is 6.80 Å². The molecule has 0 aliphatic heterocycles. The Bertz CT molecular complexity index is 422. The fraction of sp³-hybridized carbons (Fsp3) is 0.100. The molecule has 4 heteroatoms. The van der Waals surface area contributed by atoms with Crippen molar-refractivity contribution in [1.29, 1.82) is 0 Å². The Kier molecular flexibility index (Phi) is 2.50. The van der Waals surface area contributed by atoms with Gasteiger partial charge in [-0.25, -0.2) is 9.07 Å². The molecule has 0 atom stereocenters. The molecular weight excluding hydrogens is 203 g/mol. The Balaban J connectivity index is 2.44. The summed E-state index contributed by atoms with van der Waals surface area (Å²) >= 11 is 5.75. The van der Waals surface area contributed by atoms with Crippen LogP contribution in [0.2, 0.25) is 5.02 Å². The minimum atomic E-state index is -0.620. The Morgan fingerprint density at radius 2 is 1.93 bits per heavy atom. The molecule has 0 amide bonds. The van der Waals surface area contributed by atoms with E-state index in [0.29, 0.717) is 5.02 Å². The Labute approximate surface area is 85.9 Å². The van der Waals surface area contributed by atoms with E-state index in [1.54, 1.807) is 24.4 Å². The smallest absolute Gasteiger partial charge is 0.182 e. The molecule has 72 valence electrons. The van der Waals surface area contributed by atoms with E-state index >= 15 is 0 Å². The van der Waals surface area contributed by atoms with E-state index in [1.165, 1.54) is 4.68 Å². The normalized spacial score (nSPS) is 10.4. The zero-order valence-corrected chi connectivity index (χ0v) is 8.08. The first-order chi connectivity index (χ1) is 6.81. The molecule has 0 aliphatic rings. The zero-order valence-electron chi connectivity index (χ0n) is 7.32. The summed E-state index contributed by atoms with van der Waals surface area (Å²) in [5.41, 5.74) is 1.66. The van der Waals surface area contributed by atoms with Gasteiger partial charge in [-0.2, -0.15) is 5.10 Å².